The van der Waals surface area contributed by atoms with Crippen molar-refractivity contribution in [1.82, 2.24) is 0 Å². The van der Waals surface area contributed by atoms with E-state index in [1.54, 1.807) is 0 Å². The van der Waals surface area contributed by atoms with Crippen LogP contribution in [0.2, 0.25) is 0 Å². The van der Waals surface area contributed by atoms with Crippen LogP contribution in [0.15, 0.2) is 0 Å². The van der Waals surface area contributed by atoms with Crippen LogP contribution in [0.1, 0.15) is 0 Å². The molecule has 0 amide bonds. The maximum Gasteiger partial charge on any atom is 0.535 e. The van der Waals surface area contributed by atoms with Gasteiger partial charge >= 0.3 is 18.7 Å². The Bertz CT molecular complexity index is 197. The van der Waals surface area contributed by atoms with Gasteiger partial charge in [-0.2, -0.15) is 21.7 Å². The molecule has 0 rings (SSSR count). The standard InChI is InChI=1S/C4H5F7O3S/c1-12-15(3(7)8,13-2(5)6)14-4(9,10)11/h2-3H,1H3. The highest BCUT2D eigenvalue weighted by Gasteiger charge is 2.50. The maximum atomic E-state index is 12.1. The van der Waals surface area contributed by atoms with Crippen molar-refractivity contribution in [2.24, 2.45) is 0 Å². The molecule has 0 radical (unpaired) electrons. The van der Waals surface area contributed by atoms with E-state index < -0.39 is 29.6 Å². The van der Waals surface area contributed by atoms with Gasteiger partial charge in [0, 0.05) is 0 Å². The van der Waals surface area contributed by atoms with Crippen molar-refractivity contribution >= 4 is 10.9 Å². The molecular weight excluding hydrogens is 261 g/mol. The zero-order chi connectivity index (χ0) is 12.3. The van der Waals surface area contributed by atoms with E-state index in [0.29, 0.717) is 7.11 Å². The minimum absolute atomic E-state index is 0.343. The SMILES string of the molecule is COS(OC(F)F)(OC(F)(F)F)C(F)F. The topological polar surface area (TPSA) is 27.7 Å². The summed E-state index contributed by atoms with van der Waals surface area (Å²) in [4.78, 5) is 0. The Hall–Kier alpha value is -0.260. The average molecular weight is 266 g/mol. The minimum Gasteiger partial charge on any atom is -0.291 e. The normalized spacial score (nSPS) is 19.3. The fourth-order valence-electron chi connectivity index (χ4n) is 0.477. The summed E-state index contributed by atoms with van der Waals surface area (Å²) in [5.41, 5.74) is 0. The zero-order valence-corrected chi connectivity index (χ0v) is 7.75. The van der Waals surface area contributed by atoms with Crippen LogP contribution in [0.3, 0.4) is 0 Å². The summed E-state index contributed by atoms with van der Waals surface area (Å²) in [5.74, 6) is -3.99. The number of hydrogen-bond donors (Lipinski definition) is 0. The van der Waals surface area contributed by atoms with E-state index in [2.05, 4.69) is 12.5 Å². The Morgan fingerprint density at radius 3 is 1.73 bits per heavy atom. The molecule has 0 saturated heterocycles. The van der Waals surface area contributed by atoms with Gasteiger partial charge in [0.05, 0.1) is 7.11 Å². The molecule has 0 aromatic rings. The van der Waals surface area contributed by atoms with Crippen molar-refractivity contribution in [1.29, 1.82) is 0 Å². The van der Waals surface area contributed by atoms with Crippen molar-refractivity contribution in [2.45, 2.75) is 18.7 Å². The van der Waals surface area contributed by atoms with E-state index in [-0.39, 0.29) is 0 Å². The summed E-state index contributed by atoms with van der Waals surface area (Å²) in [6, 6.07) is 0. The number of halogens is 7. The largest absolute Gasteiger partial charge is 0.535 e. The highest BCUT2D eigenvalue weighted by molar-refractivity contribution is 8.22. The second kappa shape index (κ2) is 5.18. The lowest BCUT2D eigenvalue weighted by atomic mass is 11.4. The molecule has 0 aromatic carbocycles. The third-order valence-electron chi connectivity index (χ3n) is 0.868. The van der Waals surface area contributed by atoms with Crippen LogP contribution in [0, 0.1) is 0 Å². The van der Waals surface area contributed by atoms with Crippen molar-refractivity contribution in [3.63, 3.8) is 0 Å². The predicted octanol–water partition coefficient (Wildman–Crippen LogP) is 3.18. The summed E-state index contributed by atoms with van der Waals surface area (Å²) in [7, 11) is -4.77. The van der Waals surface area contributed by atoms with Gasteiger partial charge in [0.2, 0.25) is 0 Å². The number of hydrogen-bond acceptors (Lipinski definition) is 3. The van der Waals surface area contributed by atoms with E-state index in [4.69, 9.17) is 0 Å². The van der Waals surface area contributed by atoms with E-state index in [1.165, 1.54) is 0 Å². The van der Waals surface area contributed by atoms with Gasteiger partial charge < -0.3 is 0 Å². The Balaban J connectivity index is 4.82. The lowest BCUT2D eigenvalue weighted by Gasteiger charge is -2.34. The van der Waals surface area contributed by atoms with Gasteiger partial charge in [-0.3, -0.25) is 4.18 Å². The van der Waals surface area contributed by atoms with Crippen LogP contribution in [0.4, 0.5) is 30.7 Å². The predicted molar refractivity (Wildman–Crippen MR) is 34.8 cm³/mol. The molecular formula is C4H5F7O3S. The summed E-state index contributed by atoms with van der Waals surface area (Å²) in [6.45, 7) is -3.88. The van der Waals surface area contributed by atoms with Crippen LogP contribution < -0.4 is 0 Å². The molecule has 1 atom stereocenters. The fraction of sp³-hybridized carbons (Fsp3) is 1.00. The lowest BCUT2D eigenvalue weighted by Crippen LogP contribution is -2.27. The van der Waals surface area contributed by atoms with Crippen LogP contribution in [-0.2, 0) is 12.5 Å². The average Bonchev–Trinajstić information content (AvgIpc) is 1.98. The first kappa shape index (κ1) is 14.7. The van der Waals surface area contributed by atoms with Crippen LogP contribution in [0.5, 0.6) is 0 Å². The maximum absolute atomic E-state index is 12.1. The van der Waals surface area contributed by atoms with Gasteiger partial charge in [0.15, 0.2) is 10.9 Å². The Morgan fingerprint density at radius 1 is 1.07 bits per heavy atom. The second-order valence-electron chi connectivity index (χ2n) is 1.81. The molecule has 15 heavy (non-hydrogen) atoms. The van der Waals surface area contributed by atoms with E-state index in [9.17, 15) is 30.7 Å². The van der Waals surface area contributed by atoms with Crippen molar-refractivity contribution in [2.75, 3.05) is 7.11 Å². The first-order chi connectivity index (χ1) is 6.63. The summed E-state index contributed by atoms with van der Waals surface area (Å²) < 4.78 is 91.5. The molecule has 0 aliphatic rings. The van der Waals surface area contributed by atoms with Crippen molar-refractivity contribution in [3.8, 4) is 0 Å². The van der Waals surface area contributed by atoms with Crippen molar-refractivity contribution < 1.29 is 43.3 Å². The van der Waals surface area contributed by atoms with Crippen LogP contribution in [-0.4, -0.2) is 25.8 Å². The zero-order valence-electron chi connectivity index (χ0n) is 6.93. The molecule has 0 aliphatic carbocycles. The van der Waals surface area contributed by atoms with Gasteiger partial charge in [-0.15, -0.1) is 13.2 Å². The second-order valence-corrected chi connectivity index (χ2v) is 3.84. The third-order valence-corrected chi connectivity index (χ3v) is 2.60. The molecule has 0 aromatic heterocycles. The first-order valence-corrected chi connectivity index (χ1v) is 4.49. The number of alkyl halides is 7. The monoisotopic (exact) mass is 266 g/mol. The Morgan fingerprint density at radius 2 is 1.53 bits per heavy atom. The van der Waals surface area contributed by atoms with Crippen molar-refractivity contribution in [3.05, 3.63) is 0 Å². The van der Waals surface area contributed by atoms with Crippen LogP contribution >= 0.6 is 10.9 Å². The molecule has 11 heteroatoms. The number of rotatable bonds is 5. The molecule has 0 fully saturated rings. The first-order valence-electron chi connectivity index (χ1n) is 3.02. The molecule has 1 unspecified atom stereocenters. The molecule has 0 heterocycles. The van der Waals surface area contributed by atoms with E-state index in [0.717, 1.165) is 0 Å². The smallest absolute Gasteiger partial charge is 0.291 e. The Labute approximate surface area is 81.0 Å². The fourth-order valence-corrected chi connectivity index (χ4v) is 1.43. The van der Waals surface area contributed by atoms with E-state index >= 15 is 0 Å². The summed E-state index contributed by atoms with van der Waals surface area (Å²) in [6.07, 6.45) is -5.57. The molecule has 3 nitrogen and oxygen atoms in total. The molecule has 0 bridgehead atoms. The van der Waals surface area contributed by atoms with Gasteiger partial charge in [-0.05, 0) is 0 Å². The molecule has 0 spiro atoms. The highest BCUT2D eigenvalue weighted by Crippen LogP contribution is 2.60. The summed E-state index contributed by atoms with van der Waals surface area (Å²) in [5, 5.41) is 0. The minimum atomic E-state index is -5.57. The molecule has 0 N–H and O–H groups in total. The molecule has 0 saturated carbocycles. The molecule has 0 aliphatic heterocycles. The highest BCUT2D eigenvalue weighted by atomic mass is 32.3. The van der Waals surface area contributed by atoms with Gasteiger partial charge in [0.25, 0.3) is 0 Å². The van der Waals surface area contributed by atoms with Gasteiger partial charge in [0.1, 0.15) is 0 Å². The quantitative estimate of drug-likeness (QED) is 0.715. The van der Waals surface area contributed by atoms with Gasteiger partial charge in [-0.1, -0.05) is 0 Å². The lowest BCUT2D eigenvalue weighted by molar-refractivity contribution is -0.281. The Kier molecular flexibility index (Phi) is 5.09. The summed E-state index contributed by atoms with van der Waals surface area (Å²) >= 11 is 0. The van der Waals surface area contributed by atoms with E-state index in [1.807, 2.05) is 0 Å². The van der Waals surface area contributed by atoms with Gasteiger partial charge in [-0.25, -0.2) is 4.18 Å². The molecule has 94 valence electrons. The third kappa shape index (κ3) is 4.86. The van der Waals surface area contributed by atoms with Crippen LogP contribution in [0.25, 0.3) is 0 Å².